The minimum Gasteiger partial charge on any atom is -0.392 e. The van der Waals surface area contributed by atoms with E-state index in [1.54, 1.807) is 4.90 Å². The standard InChI is InChI=1S/C23H24F3N9O4S2/c24-23(25,26)21-31-30-19(40-21)18-29-10-17-16(8-14(11-35(17)18)41(38,39)32-22(12-27)1-2-22)33-3-5-34(6-4-33)20(37)15-7-13(36)9-28-15/h8,10-11,13,15,28,32,36H,1-7,9H2/t13-,15+/m1/s1. The van der Waals surface area contributed by atoms with Crippen LogP contribution in [-0.2, 0) is 21.0 Å². The Hall–Kier alpha value is -3.37. The molecule has 6 rings (SSSR count). The first-order chi connectivity index (χ1) is 19.4. The van der Waals surface area contributed by atoms with Gasteiger partial charge in [0.05, 0.1) is 35.6 Å². The van der Waals surface area contributed by atoms with E-state index in [0.717, 1.165) is 0 Å². The highest BCUT2D eigenvalue weighted by Gasteiger charge is 2.47. The third kappa shape index (κ3) is 5.23. The van der Waals surface area contributed by atoms with Crippen LogP contribution in [0.15, 0.2) is 23.4 Å². The Balaban J connectivity index is 1.35. The number of piperazine rings is 1. The van der Waals surface area contributed by atoms with Crippen molar-refractivity contribution in [1.82, 2.24) is 34.5 Å². The van der Waals surface area contributed by atoms with E-state index in [-0.39, 0.29) is 33.0 Å². The summed E-state index contributed by atoms with van der Waals surface area (Å²) in [6.45, 7) is 1.69. The van der Waals surface area contributed by atoms with Gasteiger partial charge in [0.15, 0.2) is 10.8 Å². The van der Waals surface area contributed by atoms with Crippen LogP contribution in [0.5, 0.6) is 0 Å². The van der Waals surface area contributed by atoms with Crippen LogP contribution in [0.3, 0.4) is 0 Å². The highest BCUT2D eigenvalue weighted by molar-refractivity contribution is 7.89. The van der Waals surface area contributed by atoms with E-state index in [9.17, 15) is 36.8 Å². The van der Waals surface area contributed by atoms with Crippen LogP contribution < -0.4 is 14.9 Å². The fourth-order valence-electron chi connectivity index (χ4n) is 5.01. The summed E-state index contributed by atoms with van der Waals surface area (Å²) in [6.07, 6.45) is -1.57. The molecule has 2 aliphatic heterocycles. The van der Waals surface area contributed by atoms with Gasteiger partial charge in [0.1, 0.15) is 10.4 Å². The van der Waals surface area contributed by atoms with Gasteiger partial charge in [0.2, 0.25) is 20.9 Å². The summed E-state index contributed by atoms with van der Waals surface area (Å²) in [5.74, 6) is -0.145. The minimum atomic E-state index is -4.70. The van der Waals surface area contributed by atoms with Crippen LogP contribution in [0, 0.1) is 11.3 Å². The molecule has 18 heteroatoms. The second-order valence-electron chi connectivity index (χ2n) is 10.3. The van der Waals surface area contributed by atoms with Crippen molar-refractivity contribution >= 4 is 38.5 Å². The van der Waals surface area contributed by atoms with Crippen LogP contribution in [0.4, 0.5) is 18.9 Å². The number of hydrogen-bond acceptors (Lipinski definition) is 11. The van der Waals surface area contributed by atoms with Crippen LogP contribution in [-0.4, -0.2) is 94.3 Å². The van der Waals surface area contributed by atoms with Gasteiger partial charge in [-0.3, -0.25) is 9.20 Å². The summed E-state index contributed by atoms with van der Waals surface area (Å²) in [5, 5.41) is 27.7. The van der Waals surface area contributed by atoms with Crippen molar-refractivity contribution in [2.24, 2.45) is 0 Å². The molecule has 3 fully saturated rings. The van der Waals surface area contributed by atoms with Gasteiger partial charge in [-0.2, -0.15) is 23.2 Å². The van der Waals surface area contributed by atoms with Gasteiger partial charge in [-0.15, -0.1) is 10.2 Å². The second-order valence-corrected chi connectivity index (χ2v) is 12.9. The van der Waals surface area contributed by atoms with Crippen LogP contribution in [0.2, 0.25) is 0 Å². The summed E-state index contributed by atoms with van der Waals surface area (Å²) >= 11 is 0.286. The SMILES string of the molecule is N#CC1(NS(=O)(=O)c2cc(N3CCN(C(=O)[C@@H]4C[C@@H](O)CN4)CC3)c3cnc(-c4nnc(C(F)(F)F)s4)n3c2)CC1. The molecule has 13 nitrogen and oxygen atoms in total. The predicted octanol–water partition coefficient (Wildman–Crippen LogP) is 0.577. The predicted molar refractivity (Wildman–Crippen MR) is 138 cm³/mol. The molecule has 41 heavy (non-hydrogen) atoms. The van der Waals surface area contributed by atoms with Gasteiger partial charge in [-0.25, -0.2) is 13.4 Å². The van der Waals surface area contributed by atoms with E-state index in [2.05, 4.69) is 25.2 Å². The lowest BCUT2D eigenvalue weighted by atomic mass is 10.1. The van der Waals surface area contributed by atoms with E-state index in [1.807, 2.05) is 11.0 Å². The number of nitrogens with zero attached hydrogens (tertiary/aromatic N) is 7. The maximum absolute atomic E-state index is 13.4. The number of alkyl halides is 3. The molecule has 3 N–H and O–H groups in total. The fraction of sp³-hybridized carbons (Fsp3) is 0.522. The smallest absolute Gasteiger partial charge is 0.392 e. The van der Waals surface area contributed by atoms with Crippen molar-refractivity contribution in [2.45, 2.75) is 48.0 Å². The number of pyridine rings is 1. The van der Waals surface area contributed by atoms with Gasteiger partial charge in [-0.05, 0) is 25.3 Å². The largest absolute Gasteiger partial charge is 0.445 e. The molecule has 1 amide bonds. The molecule has 1 saturated carbocycles. The van der Waals surface area contributed by atoms with Gasteiger partial charge in [0, 0.05) is 38.9 Å². The third-order valence-electron chi connectivity index (χ3n) is 7.40. The average Bonchev–Trinajstić information content (AvgIpc) is 3.31. The Kier molecular flexibility index (Phi) is 6.69. The number of rotatable bonds is 6. The van der Waals surface area contributed by atoms with E-state index in [1.165, 1.54) is 22.9 Å². The summed E-state index contributed by atoms with van der Waals surface area (Å²) in [7, 11) is -4.21. The van der Waals surface area contributed by atoms with Crippen molar-refractivity contribution in [1.29, 1.82) is 5.26 Å². The van der Waals surface area contributed by atoms with Crippen molar-refractivity contribution in [3.05, 3.63) is 23.5 Å². The molecule has 5 heterocycles. The van der Waals surface area contributed by atoms with Crippen molar-refractivity contribution in [2.75, 3.05) is 37.6 Å². The first kappa shape index (κ1) is 27.8. The number of aliphatic hydroxyl groups excluding tert-OH is 1. The fourth-order valence-corrected chi connectivity index (χ4v) is 7.11. The third-order valence-corrected chi connectivity index (χ3v) is 9.86. The van der Waals surface area contributed by atoms with Crippen LogP contribution in [0.25, 0.3) is 16.3 Å². The number of hydrogen-bond donors (Lipinski definition) is 3. The van der Waals surface area contributed by atoms with Gasteiger partial charge in [0.25, 0.3) is 0 Å². The topological polar surface area (TPSA) is 169 Å². The number of halogens is 3. The molecule has 3 aromatic rings. The Morgan fingerprint density at radius 2 is 1.98 bits per heavy atom. The Bertz CT molecular complexity index is 1650. The number of fused-ring (bicyclic) bond motifs is 1. The van der Waals surface area contributed by atoms with Crippen molar-refractivity contribution in [3.8, 4) is 16.9 Å². The zero-order valence-corrected chi connectivity index (χ0v) is 22.9. The van der Waals surface area contributed by atoms with E-state index >= 15 is 0 Å². The summed E-state index contributed by atoms with van der Waals surface area (Å²) < 4.78 is 70.2. The van der Waals surface area contributed by atoms with Crippen molar-refractivity contribution in [3.63, 3.8) is 0 Å². The van der Waals surface area contributed by atoms with Gasteiger partial charge < -0.3 is 20.2 Å². The summed E-state index contributed by atoms with van der Waals surface area (Å²) in [4.78, 5) is 20.5. The Labute approximate surface area is 235 Å². The lowest BCUT2D eigenvalue weighted by Gasteiger charge is -2.37. The molecule has 0 aromatic carbocycles. The normalized spacial score (nSPS) is 22.7. The number of anilines is 1. The summed E-state index contributed by atoms with van der Waals surface area (Å²) in [6, 6.07) is 2.95. The number of aromatic nitrogens is 4. The average molecular weight is 612 g/mol. The minimum absolute atomic E-state index is 0.0209. The molecule has 0 radical (unpaired) electrons. The van der Waals surface area contributed by atoms with Gasteiger partial charge >= 0.3 is 6.18 Å². The maximum atomic E-state index is 13.4. The maximum Gasteiger partial charge on any atom is 0.445 e. The zero-order chi connectivity index (χ0) is 29.2. The lowest BCUT2D eigenvalue weighted by Crippen LogP contribution is -2.53. The zero-order valence-electron chi connectivity index (χ0n) is 21.3. The molecule has 218 valence electrons. The molecule has 2 atom stereocenters. The number of nitriles is 1. The lowest BCUT2D eigenvalue weighted by molar-refractivity contribution is -0.138. The number of sulfonamides is 1. The van der Waals surface area contributed by atoms with E-state index in [4.69, 9.17) is 0 Å². The number of amides is 1. The monoisotopic (exact) mass is 611 g/mol. The quantitative estimate of drug-likeness (QED) is 0.359. The number of β-amino-alcohol motifs (C(OH)–C–C–N with tert-alkyl or cyclic N) is 1. The number of carbonyl (C=O) groups excluding carboxylic acids is 1. The van der Waals surface area contributed by atoms with Crippen LogP contribution in [0.1, 0.15) is 24.3 Å². The number of aliphatic hydroxyl groups is 1. The molecule has 0 spiro atoms. The molecule has 0 unspecified atom stereocenters. The second kappa shape index (κ2) is 9.87. The number of imidazole rings is 1. The van der Waals surface area contributed by atoms with Crippen LogP contribution >= 0.6 is 11.3 Å². The molecule has 3 aliphatic rings. The molecular weight excluding hydrogens is 587 g/mol. The molecule has 2 saturated heterocycles. The molecule has 1 aliphatic carbocycles. The first-order valence-corrected chi connectivity index (χ1v) is 15.0. The number of nitrogens with one attached hydrogen (secondary N) is 2. The van der Waals surface area contributed by atoms with E-state index in [0.29, 0.717) is 63.2 Å². The Morgan fingerprint density at radius 3 is 2.56 bits per heavy atom. The molecule has 0 bridgehead atoms. The first-order valence-electron chi connectivity index (χ1n) is 12.7. The molecule has 3 aromatic heterocycles. The summed E-state index contributed by atoms with van der Waals surface area (Å²) in [5.41, 5.74) is -0.333. The Morgan fingerprint density at radius 1 is 1.24 bits per heavy atom. The van der Waals surface area contributed by atoms with E-state index < -0.39 is 38.9 Å². The molecular formula is C23H24F3N9O4S2. The van der Waals surface area contributed by atoms with Gasteiger partial charge in [-0.1, -0.05) is 11.3 Å². The highest BCUT2D eigenvalue weighted by atomic mass is 32.2. The highest BCUT2D eigenvalue weighted by Crippen LogP contribution is 2.38. The van der Waals surface area contributed by atoms with Crippen molar-refractivity contribution < 1.29 is 31.5 Å². The number of carbonyl (C=O) groups is 1.